The summed E-state index contributed by atoms with van der Waals surface area (Å²) in [6.45, 7) is 11.5. The molecule has 2 rings (SSSR count). The van der Waals surface area contributed by atoms with Crippen molar-refractivity contribution in [2.75, 3.05) is 32.8 Å². The van der Waals surface area contributed by atoms with Crippen LogP contribution in [0.15, 0.2) is 16.6 Å². The maximum absolute atomic E-state index is 5.88. The summed E-state index contributed by atoms with van der Waals surface area (Å²) in [6.07, 6.45) is 0. The van der Waals surface area contributed by atoms with Gasteiger partial charge in [-0.05, 0) is 44.0 Å². The molecule has 1 aromatic rings. The van der Waals surface area contributed by atoms with Gasteiger partial charge in [-0.15, -0.1) is 0 Å². The summed E-state index contributed by atoms with van der Waals surface area (Å²) in [7, 11) is 0. The summed E-state index contributed by atoms with van der Waals surface area (Å²) in [5.74, 6) is 0.974. The monoisotopic (exact) mass is 326 g/mol. The first-order valence-electron chi connectivity index (χ1n) is 6.91. The van der Waals surface area contributed by atoms with Crippen molar-refractivity contribution >= 4 is 15.9 Å². The van der Waals surface area contributed by atoms with Crippen LogP contribution in [-0.4, -0.2) is 43.7 Å². The van der Waals surface area contributed by atoms with Gasteiger partial charge in [0.1, 0.15) is 12.4 Å². The zero-order valence-corrected chi connectivity index (χ0v) is 13.6. The number of hydrogen-bond acceptors (Lipinski definition) is 3. The molecule has 1 saturated heterocycles. The van der Waals surface area contributed by atoms with Crippen LogP contribution in [0.2, 0.25) is 0 Å². The van der Waals surface area contributed by atoms with Crippen molar-refractivity contribution in [3.63, 3.8) is 0 Å². The third-order valence-electron chi connectivity index (χ3n) is 3.54. The minimum Gasteiger partial charge on any atom is -0.492 e. The van der Waals surface area contributed by atoms with Gasteiger partial charge < -0.3 is 10.1 Å². The van der Waals surface area contributed by atoms with Gasteiger partial charge in [0.15, 0.2) is 0 Å². The first-order chi connectivity index (χ1) is 9.06. The van der Waals surface area contributed by atoms with E-state index in [2.05, 4.69) is 59.1 Å². The number of hydrogen-bond donors (Lipinski definition) is 1. The van der Waals surface area contributed by atoms with Crippen LogP contribution in [0.3, 0.4) is 0 Å². The number of rotatable bonds is 4. The molecule has 1 N–H and O–H groups in total. The van der Waals surface area contributed by atoms with E-state index >= 15 is 0 Å². The Balaban J connectivity index is 1.82. The molecule has 1 atom stereocenters. The molecule has 0 unspecified atom stereocenters. The number of nitrogens with one attached hydrogen (secondary N) is 1. The molecular weight excluding hydrogens is 304 g/mol. The molecule has 0 aliphatic carbocycles. The van der Waals surface area contributed by atoms with Crippen LogP contribution < -0.4 is 10.1 Å². The number of benzene rings is 1. The lowest BCUT2D eigenvalue weighted by Gasteiger charge is -2.31. The van der Waals surface area contributed by atoms with E-state index in [-0.39, 0.29) is 0 Å². The van der Waals surface area contributed by atoms with Gasteiger partial charge in [0.2, 0.25) is 0 Å². The second kappa shape index (κ2) is 6.73. The second-order valence-corrected chi connectivity index (χ2v) is 6.17. The quantitative estimate of drug-likeness (QED) is 0.920. The SMILES string of the molecule is Cc1cc(OCCN2CCN[C@H](C)C2)cc(C)c1Br. The van der Waals surface area contributed by atoms with Crippen molar-refractivity contribution in [2.24, 2.45) is 0 Å². The average molecular weight is 327 g/mol. The van der Waals surface area contributed by atoms with Crippen molar-refractivity contribution in [2.45, 2.75) is 26.8 Å². The fourth-order valence-electron chi connectivity index (χ4n) is 2.50. The first kappa shape index (κ1) is 14.8. The predicted octanol–water partition coefficient (Wildman–Crippen LogP) is 2.74. The highest BCUT2D eigenvalue weighted by Crippen LogP contribution is 2.26. The maximum atomic E-state index is 5.88. The van der Waals surface area contributed by atoms with Gasteiger partial charge in [0.25, 0.3) is 0 Å². The van der Waals surface area contributed by atoms with E-state index < -0.39 is 0 Å². The summed E-state index contributed by atoms with van der Waals surface area (Å²) in [6, 6.07) is 4.78. The lowest BCUT2D eigenvalue weighted by atomic mass is 10.1. The Morgan fingerprint density at radius 1 is 1.37 bits per heavy atom. The number of aryl methyl sites for hydroxylation is 2. The van der Waals surface area contributed by atoms with E-state index in [1.165, 1.54) is 15.6 Å². The summed E-state index contributed by atoms with van der Waals surface area (Å²) in [5, 5.41) is 3.45. The summed E-state index contributed by atoms with van der Waals surface area (Å²) in [5.41, 5.74) is 2.46. The number of nitrogens with zero attached hydrogens (tertiary/aromatic N) is 1. The Labute approximate surface area is 124 Å². The van der Waals surface area contributed by atoms with Gasteiger partial charge >= 0.3 is 0 Å². The molecular formula is C15H23BrN2O. The minimum atomic E-state index is 0.589. The smallest absolute Gasteiger partial charge is 0.119 e. The van der Waals surface area contributed by atoms with E-state index in [1.807, 2.05) is 0 Å². The Bertz CT molecular complexity index is 413. The van der Waals surface area contributed by atoms with Crippen LogP contribution >= 0.6 is 15.9 Å². The molecule has 1 aliphatic rings. The van der Waals surface area contributed by atoms with Crippen molar-refractivity contribution in [3.05, 3.63) is 27.7 Å². The number of piperazine rings is 1. The van der Waals surface area contributed by atoms with Crippen molar-refractivity contribution in [1.29, 1.82) is 0 Å². The highest BCUT2D eigenvalue weighted by atomic mass is 79.9. The van der Waals surface area contributed by atoms with E-state index in [4.69, 9.17) is 4.74 Å². The fraction of sp³-hybridized carbons (Fsp3) is 0.600. The predicted molar refractivity (Wildman–Crippen MR) is 83.0 cm³/mol. The van der Waals surface area contributed by atoms with Crippen LogP contribution in [0.5, 0.6) is 5.75 Å². The molecule has 0 bridgehead atoms. The molecule has 0 amide bonds. The van der Waals surface area contributed by atoms with Gasteiger partial charge in [-0.2, -0.15) is 0 Å². The maximum Gasteiger partial charge on any atom is 0.119 e. The molecule has 0 spiro atoms. The van der Waals surface area contributed by atoms with E-state index in [0.717, 1.165) is 38.5 Å². The molecule has 19 heavy (non-hydrogen) atoms. The van der Waals surface area contributed by atoms with E-state index in [9.17, 15) is 0 Å². The van der Waals surface area contributed by atoms with Crippen molar-refractivity contribution in [1.82, 2.24) is 10.2 Å². The Kier molecular flexibility index (Phi) is 5.25. The van der Waals surface area contributed by atoms with Gasteiger partial charge in [0.05, 0.1) is 0 Å². The van der Waals surface area contributed by atoms with Crippen LogP contribution in [0.1, 0.15) is 18.1 Å². The standard InChI is InChI=1S/C15H23BrN2O/c1-11-8-14(9-12(2)15(11)16)19-7-6-18-5-4-17-13(3)10-18/h8-9,13,17H,4-7,10H2,1-3H3/t13-/m1/s1. The molecule has 1 aliphatic heterocycles. The highest BCUT2D eigenvalue weighted by Gasteiger charge is 2.14. The van der Waals surface area contributed by atoms with E-state index in [0.29, 0.717) is 6.04 Å². The van der Waals surface area contributed by atoms with Crippen LogP contribution in [0, 0.1) is 13.8 Å². The largest absolute Gasteiger partial charge is 0.492 e. The van der Waals surface area contributed by atoms with Gasteiger partial charge in [0, 0.05) is 36.7 Å². The third-order valence-corrected chi connectivity index (χ3v) is 4.79. The molecule has 1 heterocycles. The van der Waals surface area contributed by atoms with Crippen LogP contribution in [0.4, 0.5) is 0 Å². The summed E-state index contributed by atoms with van der Waals surface area (Å²) >= 11 is 3.58. The zero-order valence-electron chi connectivity index (χ0n) is 12.0. The molecule has 1 aromatic carbocycles. The normalized spacial score (nSPS) is 20.5. The Morgan fingerprint density at radius 2 is 2.05 bits per heavy atom. The molecule has 4 heteroatoms. The molecule has 3 nitrogen and oxygen atoms in total. The molecule has 106 valence electrons. The zero-order chi connectivity index (χ0) is 13.8. The van der Waals surface area contributed by atoms with Crippen molar-refractivity contribution < 1.29 is 4.74 Å². The number of ether oxygens (including phenoxy) is 1. The number of halogens is 1. The Morgan fingerprint density at radius 3 is 2.68 bits per heavy atom. The third kappa shape index (κ3) is 4.20. The molecule has 0 radical (unpaired) electrons. The average Bonchev–Trinajstić information content (AvgIpc) is 2.36. The van der Waals surface area contributed by atoms with Crippen LogP contribution in [-0.2, 0) is 0 Å². The second-order valence-electron chi connectivity index (χ2n) is 5.38. The minimum absolute atomic E-state index is 0.589. The summed E-state index contributed by atoms with van der Waals surface area (Å²) < 4.78 is 7.05. The Hall–Kier alpha value is -0.580. The lowest BCUT2D eigenvalue weighted by Crippen LogP contribution is -2.50. The fourth-order valence-corrected chi connectivity index (χ4v) is 2.73. The van der Waals surface area contributed by atoms with Gasteiger partial charge in [-0.3, -0.25) is 4.90 Å². The highest BCUT2D eigenvalue weighted by molar-refractivity contribution is 9.10. The first-order valence-corrected chi connectivity index (χ1v) is 7.71. The van der Waals surface area contributed by atoms with Crippen LogP contribution in [0.25, 0.3) is 0 Å². The van der Waals surface area contributed by atoms with E-state index in [1.54, 1.807) is 0 Å². The van der Waals surface area contributed by atoms with Gasteiger partial charge in [-0.1, -0.05) is 15.9 Å². The lowest BCUT2D eigenvalue weighted by molar-refractivity contribution is 0.170. The molecule has 1 fully saturated rings. The topological polar surface area (TPSA) is 24.5 Å². The van der Waals surface area contributed by atoms with Gasteiger partial charge in [-0.25, -0.2) is 0 Å². The molecule has 0 saturated carbocycles. The van der Waals surface area contributed by atoms with Crippen molar-refractivity contribution in [3.8, 4) is 5.75 Å². The summed E-state index contributed by atoms with van der Waals surface area (Å²) in [4.78, 5) is 2.46. The molecule has 0 aromatic heterocycles.